The molecule has 1 N–H and O–H groups in total. The topological polar surface area (TPSA) is 12.0 Å². The third kappa shape index (κ3) is 5.14. The zero-order valence-electron chi connectivity index (χ0n) is 14.2. The highest BCUT2D eigenvalue weighted by Gasteiger charge is 2.22. The van der Waals surface area contributed by atoms with Crippen LogP contribution in [0.3, 0.4) is 0 Å². The van der Waals surface area contributed by atoms with Crippen molar-refractivity contribution in [3.63, 3.8) is 0 Å². The smallest absolute Gasteiger partial charge is 0.0136 e. The van der Waals surface area contributed by atoms with E-state index in [1.54, 1.807) is 0 Å². The van der Waals surface area contributed by atoms with Gasteiger partial charge in [0.15, 0.2) is 0 Å². The van der Waals surface area contributed by atoms with Crippen LogP contribution in [0.4, 0.5) is 0 Å². The van der Waals surface area contributed by atoms with Crippen LogP contribution in [0.25, 0.3) is 0 Å². The molecule has 1 aromatic rings. The lowest BCUT2D eigenvalue weighted by atomic mass is 9.87. The van der Waals surface area contributed by atoms with Crippen LogP contribution in [0.15, 0.2) is 24.3 Å². The van der Waals surface area contributed by atoms with Gasteiger partial charge in [0.1, 0.15) is 0 Å². The first-order valence-electron chi connectivity index (χ1n) is 9.03. The van der Waals surface area contributed by atoms with Gasteiger partial charge in [0, 0.05) is 6.04 Å². The SMILES string of the molecule is CCNC(Cc1ccc(C(C)C)cc1)C1CCCCCC1. The third-order valence-electron chi connectivity index (χ3n) is 5.04. The molecule has 1 unspecified atom stereocenters. The van der Waals surface area contributed by atoms with Crippen molar-refractivity contribution in [2.75, 3.05) is 6.54 Å². The Kier molecular flexibility index (Phi) is 6.76. The van der Waals surface area contributed by atoms with E-state index >= 15 is 0 Å². The Morgan fingerprint density at radius 3 is 2.14 bits per heavy atom. The molecule has 0 bridgehead atoms. The van der Waals surface area contributed by atoms with Crippen molar-refractivity contribution >= 4 is 0 Å². The fourth-order valence-corrected chi connectivity index (χ4v) is 3.67. The molecule has 1 aliphatic carbocycles. The maximum Gasteiger partial charge on any atom is 0.0136 e. The lowest BCUT2D eigenvalue weighted by molar-refractivity contribution is 0.321. The van der Waals surface area contributed by atoms with Crippen LogP contribution in [-0.4, -0.2) is 12.6 Å². The second-order valence-corrected chi connectivity index (χ2v) is 7.02. The van der Waals surface area contributed by atoms with E-state index in [0.29, 0.717) is 12.0 Å². The van der Waals surface area contributed by atoms with E-state index in [1.165, 1.54) is 56.1 Å². The average molecular weight is 287 g/mol. The standard InChI is InChI=1S/C20H33N/c1-4-21-20(19-9-7-5-6-8-10-19)15-17-11-13-18(14-12-17)16(2)3/h11-14,16,19-21H,4-10,15H2,1-3H3. The van der Waals surface area contributed by atoms with Gasteiger partial charge in [-0.15, -0.1) is 0 Å². The summed E-state index contributed by atoms with van der Waals surface area (Å²) in [6, 6.07) is 9.98. The Morgan fingerprint density at radius 2 is 1.62 bits per heavy atom. The summed E-state index contributed by atoms with van der Waals surface area (Å²) in [7, 11) is 0. The zero-order chi connectivity index (χ0) is 15.1. The van der Waals surface area contributed by atoms with E-state index in [2.05, 4.69) is 50.4 Å². The summed E-state index contributed by atoms with van der Waals surface area (Å²) < 4.78 is 0. The minimum Gasteiger partial charge on any atom is -0.314 e. The molecule has 1 saturated carbocycles. The maximum atomic E-state index is 3.77. The Bertz CT molecular complexity index is 385. The molecule has 0 saturated heterocycles. The summed E-state index contributed by atoms with van der Waals surface area (Å²) in [5, 5.41) is 3.77. The molecule has 1 aliphatic rings. The van der Waals surface area contributed by atoms with Gasteiger partial charge >= 0.3 is 0 Å². The number of hydrogen-bond acceptors (Lipinski definition) is 1. The first-order chi connectivity index (χ1) is 10.2. The van der Waals surface area contributed by atoms with Gasteiger partial charge < -0.3 is 5.32 Å². The van der Waals surface area contributed by atoms with Gasteiger partial charge in [-0.05, 0) is 48.8 Å². The molecule has 1 atom stereocenters. The number of benzene rings is 1. The van der Waals surface area contributed by atoms with E-state index in [-0.39, 0.29) is 0 Å². The Morgan fingerprint density at radius 1 is 1.00 bits per heavy atom. The second-order valence-electron chi connectivity index (χ2n) is 7.02. The molecule has 1 fully saturated rings. The molecule has 0 heterocycles. The monoisotopic (exact) mass is 287 g/mol. The van der Waals surface area contributed by atoms with Gasteiger partial charge in [-0.1, -0.05) is 70.7 Å². The van der Waals surface area contributed by atoms with E-state index in [1.807, 2.05) is 0 Å². The van der Waals surface area contributed by atoms with Crippen LogP contribution >= 0.6 is 0 Å². The van der Waals surface area contributed by atoms with Crippen LogP contribution in [-0.2, 0) is 6.42 Å². The summed E-state index contributed by atoms with van der Waals surface area (Å²) in [5.41, 5.74) is 2.95. The summed E-state index contributed by atoms with van der Waals surface area (Å²) in [4.78, 5) is 0. The van der Waals surface area contributed by atoms with Crippen molar-refractivity contribution in [2.24, 2.45) is 5.92 Å². The molecular weight excluding hydrogens is 254 g/mol. The minimum atomic E-state index is 0.630. The van der Waals surface area contributed by atoms with E-state index in [4.69, 9.17) is 0 Å². The van der Waals surface area contributed by atoms with Crippen LogP contribution < -0.4 is 5.32 Å². The molecule has 0 aliphatic heterocycles. The quantitative estimate of drug-likeness (QED) is 0.700. The lowest BCUT2D eigenvalue weighted by Crippen LogP contribution is -2.37. The Balaban J connectivity index is 2.00. The van der Waals surface area contributed by atoms with Gasteiger partial charge in [-0.3, -0.25) is 0 Å². The predicted molar refractivity (Wildman–Crippen MR) is 92.9 cm³/mol. The summed E-state index contributed by atoms with van der Waals surface area (Å²) in [6.07, 6.45) is 9.77. The summed E-state index contributed by atoms with van der Waals surface area (Å²) in [5.74, 6) is 1.50. The van der Waals surface area contributed by atoms with Crippen LogP contribution in [0, 0.1) is 5.92 Å². The largest absolute Gasteiger partial charge is 0.314 e. The molecule has 0 radical (unpaired) electrons. The van der Waals surface area contributed by atoms with Crippen LogP contribution in [0.1, 0.15) is 76.3 Å². The van der Waals surface area contributed by atoms with E-state index in [9.17, 15) is 0 Å². The molecule has 2 rings (SSSR count). The van der Waals surface area contributed by atoms with Crippen molar-refractivity contribution in [2.45, 2.75) is 77.7 Å². The van der Waals surface area contributed by atoms with Crippen molar-refractivity contribution in [3.8, 4) is 0 Å². The number of rotatable bonds is 6. The fraction of sp³-hybridized carbons (Fsp3) is 0.700. The number of nitrogens with one attached hydrogen (secondary N) is 1. The molecule has 0 spiro atoms. The van der Waals surface area contributed by atoms with Crippen molar-refractivity contribution in [1.82, 2.24) is 5.32 Å². The molecule has 118 valence electrons. The average Bonchev–Trinajstić information content (AvgIpc) is 2.76. The molecule has 1 nitrogen and oxygen atoms in total. The van der Waals surface area contributed by atoms with Crippen molar-refractivity contribution in [1.29, 1.82) is 0 Å². The highest BCUT2D eigenvalue weighted by Crippen LogP contribution is 2.27. The van der Waals surface area contributed by atoms with Gasteiger partial charge in [0.2, 0.25) is 0 Å². The highest BCUT2D eigenvalue weighted by atomic mass is 14.9. The number of likely N-dealkylation sites (N-methyl/N-ethyl adjacent to an activating group) is 1. The predicted octanol–water partition coefficient (Wildman–Crippen LogP) is 5.30. The highest BCUT2D eigenvalue weighted by molar-refractivity contribution is 5.25. The maximum absolute atomic E-state index is 3.77. The van der Waals surface area contributed by atoms with Gasteiger partial charge in [0.05, 0.1) is 0 Å². The molecule has 0 aromatic heterocycles. The van der Waals surface area contributed by atoms with Gasteiger partial charge in [-0.2, -0.15) is 0 Å². The van der Waals surface area contributed by atoms with Gasteiger partial charge in [-0.25, -0.2) is 0 Å². The van der Waals surface area contributed by atoms with Crippen LogP contribution in [0.5, 0.6) is 0 Å². The third-order valence-corrected chi connectivity index (χ3v) is 5.04. The number of hydrogen-bond donors (Lipinski definition) is 1. The molecule has 21 heavy (non-hydrogen) atoms. The Hall–Kier alpha value is -0.820. The summed E-state index contributed by atoms with van der Waals surface area (Å²) >= 11 is 0. The summed E-state index contributed by atoms with van der Waals surface area (Å²) in [6.45, 7) is 7.86. The molecule has 1 aromatic carbocycles. The van der Waals surface area contributed by atoms with E-state index < -0.39 is 0 Å². The fourth-order valence-electron chi connectivity index (χ4n) is 3.67. The first-order valence-corrected chi connectivity index (χ1v) is 9.03. The van der Waals surface area contributed by atoms with Crippen molar-refractivity contribution in [3.05, 3.63) is 35.4 Å². The molecule has 0 amide bonds. The van der Waals surface area contributed by atoms with Crippen LogP contribution in [0.2, 0.25) is 0 Å². The first kappa shape index (κ1) is 16.5. The minimum absolute atomic E-state index is 0.630. The van der Waals surface area contributed by atoms with E-state index in [0.717, 1.165) is 12.5 Å². The lowest BCUT2D eigenvalue weighted by Gasteiger charge is -2.27. The zero-order valence-corrected chi connectivity index (χ0v) is 14.2. The molecular formula is C20H33N. The van der Waals surface area contributed by atoms with Gasteiger partial charge in [0.25, 0.3) is 0 Å². The second kappa shape index (κ2) is 8.58. The Labute approximate surface area is 131 Å². The normalized spacial score (nSPS) is 18.7. The molecule has 1 heteroatoms. The van der Waals surface area contributed by atoms with Crippen molar-refractivity contribution < 1.29 is 0 Å².